The Morgan fingerprint density at radius 3 is 2.55 bits per heavy atom. The molecule has 1 atom stereocenters. The van der Waals surface area contributed by atoms with Crippen molar-refractivity contribution in [1.82, 2.24) is 10.6 Å². The van der Waals surface area contributed by atoms with Crippen molar-refractivity contribution in [2.24, 2.45) is 5.92 Å². The molecule has 20 heavy (non-hydrogen) atoms. The molecule has 0 saturated carbocycles. The predicted molar refractivity (Wildman–Crippen MR) is 76.2 cm³/mol. The largest absolute Gasteiger partial charge is 0.354 e. The lowest BCUT2D eigenvalue weighted by Crippen LogP contribution is -2.45. The van der Waals surface area contributed by atoms with Gasteiger partial charge in [0.05, 0.1) is 5.56 Å². The summed E-state index contributed by atoms with van der Waals surface area (Å²) in [5.74, 6) is -1.35. The van der Waals surface area contributed by atoms with Crippen LogP contribution < -0.4 is 10.6 Å². The topological polar surface area (TPSA) is 58.2 Å². The summed E-state index contributed by atoms with van der Waals surface area (Å²) in [6.07, 6.45) is 0. The molecule has 0 saturated heterocycles. The first-order valence-corrected chi connectivity index (χ1v) is 6.72. The van der Waals surface area contributed by atoms with E-state index in [0.29, 0.717) is 12.5 Å². The zero-order valence-electron chi connectivity index (χ0n) is 11.7. The number of halogens is 2. The molecule has 110 valence electrons. The van der Waals surface area contributed by atoms with Crippen LogP contribution in [0.4, 0.5) is 4.39 Å². The van der Waals surface area contributed by atoms with Gasteiger partial charge in [0, 0.05) is 11.6 Å². The predicted octanol–water partition coefficient (Wildman–Crippen LogP) is 2.37. The maximum atomic E-state index is 13.5. The van der Waals surface area contributed by atoms with Crippen LogP contribution in [0.25, 0.3) is 0 Å². The second-order valence-corrected chi connectivity index (χ2v) is 5.39. The van der Waals surface area contributed by atoms with Crippen molar-refractivity contribution in [1.29, 1.82) is 0 Å². The number of nitrogens with one attached hydrogen (secondary N) is 2. The molecule has 0 spiro atoms. The van der Waals surface area contributed by atoms with Gasteiger partial charge in [0.2, 0.25) is 5.91 Å². The van der Waals surface area contributed by atoms with Crippen molar-refractivity contribution in [3.63, 3.8) is 0 Å². The van der Waals surface area contributed by atoms with E-state index in [9.17, 15) is 14.0 Å². The number of benzene rings is 1. The van der Waals surface area contributed by atoms with Crippen molar-refractivity contribution in [3.8, 4) is 0 Å². The quantitative estimate of drug-likeness (QED) is 0.877. The smallest absolute Gasteiger partial charge is 0.254 e. The van der Waals surface area contributed by atoms with Gasteiger partial charge in [0.1, 0.15) is 11.9 Å². The average Bonchev–Trinajstić information content (AvgIpc) is 2.38. The first-order valence-electron chi connectivity index (χ1n) is 6.35. The zero-order chi connectivity index (χ0) is 15.3. The molecule has 0 radical (unpaired) electrons. The molecule has 1 rings (SSSR count). The van der Waals surface area contributed by atoms with E-state index in [-0.39, 0.29) is 16.5 Å². The molecule has 0 aliphatic rings. The van der Waals surface area contributed by atoms with Crippen molar-refractivity contribution >= 4 is 23.4 Å². The summed E-state index contributed by atoms with van der Waals surface area (Å²) in [4.78, 5) is 23.6. The van der Waals surface area contributed by atoms with Gasteiger partial charge in [0.15, 0.2) is 0 Å². The fourth-order valence-corrected chi connectivity index (χ4v) is 1.64. The van der Waals surface area contributed by atoms with Crippen LogP contribution in [0, 0.1) is 11.7 Å². The van der Waals surface area contributed by atoms with Gasteiger partial charge in [-0.3, -0.25) is 9.59 Å². The molecule has 1 aromatic rings. The highest BCUT2D eigenvalue weighted by atomic mass is 35.5. The number of hydrogen-bond acceptors (Lipinski definition) is 2. The van der Waals surface area contributed by atoms with Gasteiger partial charge in [-0.1, -0.05) is 25.4 Å². The maximum absolute atomic E-state index is 13.5. The molecular formula is C14H18ClFN2O2. The molecule has 0 aliphatic carbocycles. The number of hydrogen-bond donors (Lipinski definition) is 2. The van der Waals surface area contributed by atoms with Crippen molar-refractivity contribution < 1.29 is 14.0 Å². The molecule has 0 bridgehead atoms. The summed E-state index contributed by atoms with van der Waals surface area (Å²) < 4.78 is 13.5. The molecule has 0 aromatic heterocycles. The lowest BCUT2D eigenvalue weighted by Gasteiger charge is -2.15. The fourth-order valence-electron chi connectivity index (χ4n) is 1.47. The Hall–Kier alpha value is -1.62. The molecule has 2 N–H and O–H groups in total. The molecule has 1 unspecified atom stereocenters. The second-order valence-electron chi connectivity index (χ2n) is 4.96. The van der Waals surface area contributed by atoms with Crippen LogP contribution >= 0.6 is 11.6 Å². The van der Waals surface area contributed by atoms with E-state index in [2.05, 4.69) is 10.6 Å². The monoisotopic (exact) mass is 300 g/mol. The van der Waals surface area contributed by atoms with Gasteiger partial charge >= 0.3 is 0 Å². The van der Waals surface area contributed by atoms with E-state index in [1.807, 2.05) is 13.8 Å². The van der Waals surface area contributed by atoms with Gasteiger partial charge in [-0.2, -0.15) is 0 Å². The average molecular weight is 301 g/mol. The van der Waals surface area contributed by atoms with E-state index in [4.69, 9.17) is 11.6 Å². The Morgan fingerprint density at radius 2 is 1.95 bits per heavy atom. The lowest BCUT2D eigenvalue weighted by atomic mass is 10.1. The molecule has 4 nitrogen and oxygen atoms in total. The highest BCUT2D eigenvalue weighted by molar-refractivity contribution is 6.31. The van der Waals surface area contributed by atoms with Gasteiger partial charge in [-0.15, -0.1) is 0 Å². The minimum atomic E-state index is -0.750. The summed E-state index contributed by atoms with van der Waals surface area (Å²) in [5, 5.41) is 5.39. The number of amides is 2. The Labute approximate surface area is 122 Å². The summed E-state index contributed by atoms with van der Waals surface area (Å²) in [5.41, 5.74) is -0.180. The maximum Gasteiger partial charge on any atom is 0.254 e. The highest BCUT2D eigenvalue weighted by Gasteiger charge is 2.19. The first-order chi connectivity index (χ1) is 9.31. The molecule has 2 amide bonds. The molecule has 0 aliphatic heterocycles. The van der Waals surface area contributed by atoms with Crippen LogP contribution in [0.15, 0.2) is 18.2 Å². The minimum absolute atomic E-state index is 0.180. The van der Waals surface area contributed by atoms with Crippen LogP contribution in [-0.2, 0) is 4.79 Å². The van der Waals surface area contributed by atoms with Crippen molar-refractivity contribution in [2.75, 3.05) is 6.54 Å². The number of carbonyl (C=O) groups excluding carboxylic acids is 2. The summed E-state index contributed by atoms with van der Waals surface area (Å²) in [7, 11) is 0. The standard InChI is InChI=1S/C14H18ClFN2O2/c1-8(2)7-17-13(19)9(3)18-14(20)11-6-10(15)4-5-12(11)16/h4-6,8-9H,7H2,1-3H3,(H,17,19)(H,18,20). The van der Waals surface area contributed by atoms with Crippen LogP contribution in [0.5, 0.6) is 0 Å². The van der Waals surface area contributed by atoms with E-state index in [1.165, 1.54) is 19.1 Å². The van der Waals surface area contributed by atoms with E-state index in [0.717, 1.165) is 6.07 Å². The molecule has 0 fully saturated rings. The fraction of sp³-hybridized carbons (Fsp3) is 0.429. The van der Waals surface area contributed by atoms with Crippen LogP contribution in [-0.4, -0.2) is 24.4 Å². The number of rotatable bonds is 5. The molecule has 6 heteroatoms. The summed E-state index contributed by atoms with van der Waals surface area (Å²) in [6, 6.07) is 2.94. The molecular weight excluding hydrogens is 283 g/mol. The third kappa shape index (κ3) is 4.81. The zero-order valence-corrected chi connectivity index (χ0v) is 12.4. The van der Waals surface area contributed by atoms with Crippen molar-refractivity contribution in [3.05, 3.63) is 34.6 Å². The second kappa shape index (κ2) is 7.24. The molecule has 1 aromatic carbocycles. The molecule has 0 heterocycles. The lowest BCUT2D eigenvalue weighted by molar-refractivity contribution is -0.122. The number of carbonyl (C=O) groups is 2. The van der Waals surface area contributed by atoms with Gasteiger partial charge in [0.25, 0.3) is 5.91 Å². The van der Waals surface area contributed by atoms with Crippen LogP contribution in [0.2, 0.25) is 5.02 Å². The van der Waals surface area contributed by atoms with Gasteiger partial charge in [-0.05, 0) is 31.0 Å². The van der Waals surface area contributed by atoms with Crippen LogP contribution in [0.3, 0.4) is 0 Å². The van der Waals surface area contributed by atoms with Crippen molar-refractivity contribution in [2.45, 2.75) is 26.8 Å². The Morgan fingerprint density at radius 1 is 1.30 bits per heavy atom. The van der Waals surface area contributed by atoms with Gasteiger partial charge in [-0.25, -0.2) is 4.39 Å². The SMILES string of the molecule is CC(C)CNC(=O)C(C)NC(=O)c1cc(Cl)ccc1F. The normalized spacial score (nSPS) is 12.1. The third-order valence-electron chi connectivity index (χ3n) is 2.60. The summed E-state index contributed by atoms with van der Waals surface area (Å²) >= 11 is 5.72. The Kier molecular flexibility index (Phi) is 5.95. The van der Waals surface area contributed by atoms with E-state index in [1.54, 1.807) is 0 Å². The highest BCUT2D eigenvalue weighted by Crippen LogP contribution is 2.14. The van der Waals surface area contributed by atoms with E-state index < -0.39 is 17.8 Å². The van der Waals surface area contributed by atoms with Crippen LogP contribution in [0.1, 0.15) is 31.1 Å². The summed E-state index contributed by atoms with van der Waals surface area (Å²) in [6.45, 7) is 5.98. The van der Waals surface area contributed by atoms with Gasteiger partial charge < -0.3 is 10.6 Å². The Bertz CT molecular complexity index is 506. The minimum Gasteiger partial charge on any atom is -0.354 e. The third-order valence-corrected chi connectivity index (χ3v) is 2.83. The first kappa shape index (κ1) is 16.4. The van der Waals surface area contributed by atoms with E-state index >= 15 is 0 Å². The Balaban J connectivity index is 2.65.